The summed E-state index contributed by atoms with van der Waals surface area (Å²) in [5, 5.41) is 9.91. The Morgan fingerprint density at radius 2 is 1.53 bits per heavy atom. The van der Waals surface area contributed by atoms with Crippen molar-refractivity contribution in [2.75, 3.05) is 7.05 Å². The Labute approximate surface area is 97.6 Å². The van der Waals surface area contributed by atoms with Crippen molar-refractivity contribution in [1.82, 2.24) is 4.90 Å². The van der Waals surface area contributed by atoms with Gasteiger partial charge in [0.1, 0.15) is 51.4 Å². The van der Waals surface area contributed by atoms with Gasteiger partial charge in [0.15, 0.2) is 7.85 Å². The second-order valence-corrected chi connectivity index (χ2v) is 6.20. The van der Waals surface area contributed by atoms with Crippen molar-refractivity contribution in [3.63, 3.8) is 0 Å². The van der Waals surface area contributed by atoms with Gasteiger partial charge in [-0.3, -0.25) is 0 Å². The minimum atomic E-state index is -1.07. The van der Waals surface area contributed by atoms with Gasteiger partial charge in [0.25, 0.3) is 0 Å². The van der Waals surface area contributed by atoms with Crippen LogP contribution in [-0.4, -0.2) is 92.4 Å². The Morgan fingerprint density at radius 1 is 1.07 bits per heavy atom. The van der Waals surface area contributed by atoms with Gasteiger partial charge in [-0.05, 0) is 17.7 Å². The largest absolute Gasteiger partial charge is 0.374 e. The summed E-state index contributed by atoms with van der Waals surface area (Å²) >= 11 is 0. The average molecular weight is 198 g/mol. The fourth-order valence-electron chi connectivity index (χ4n) is 3.33. The topological polar surface area (TPSA) is 32.7 Å². The van der Waals surface area contributed by atoms with E-state index in [9.17, 15) is 5.11 Å². The summed E-state index contributed by atoms with van der Waals surface area (Å²) in [6, 6.07) is 0. The molecule has 0 radical (unpaired) electrons. The number of nitrogens with zero attached hydrogens (tertiary/aromatic N) is 1. The maximum absolute atomic E-state index is 10.5. The molecule has 74 valence electrons. The molecule has 1 N–H and O–H groups in total. The van der Waals surface area contributed by atoms with E-state index in [1.807, 2.05) is 0 Å². The lowest BCUT2D eigenvalue weighted by Gasteiger charge is -2.63. The van der Waals surface area contributed by atoms with Crippen molar-refractivity contribution < 1.29 is 9.84 Å². The smallest absolute Gasteiger partial charge is 0.178 e. The molecule has 3 atom stereocenters. The molecule has 0 aromatic rings. The van der Waals surface area contributed by atoms with Gasteiger partial charge in [0.05, 0.1) is 0 Å². The number of rotatable bonds is 0. The number of fused-ring (bicyclic) bond motifs is 2. The van der Waals surface area contributed by atoms with Crippen LogP contribution in [0.25, 0.3) is 0 Å². The van der Waals surface area contributed by atoms with Crippen LogP contribution >= 0.6 is 0 Å². The van der Waals surface area contributed by atoms with Gasteiger partial charge >= 0.3 is 0 Å². The molecular formula is C5H16B7NO2. The van der Waals surface area contributed by atoms with Gasteiger partial charge < -0.3 is 14.7 Å². The van der Waals surface area contributed by atoms with Crippen molar-refractivity contribution in [2.45, 2.75) is 21.8 Å². The first kappa shape index (κ1) is 11.8. The highest BCUT2D eigenvalue weighted by molar-refractivity contribution is 7.11. The quantitative estimate of drug-likeness (QED) is 0.392. The van der Waals surface area contributed by atoms with E-state index in [4.69, 9.17) is 4.74 Å². The Hall–Kier alpha value is 0.335. The number of aliphatic hydroxyl groups is 1. The van der Waals surface area contributed by atoms with E-state index >= 15 is 0 Å². The fraction of sp³-hybridized carbons (Fsp3) is 1.00. The van der Waals surface area contributed by atoms with Crippen LogP contribution in [0.3, 0.4) is 0 Å². The summed E-state index contributed by atoms with van der Waals surface area (Å²) in [6.07, 6.45) is 0. The molecule has 3 nitrogen and oxygen atoms in total. The first-order valence-electron chi connectivity index (χ1n) is 5.73. The predicted octanol–water partition coefficient (Wildman–Crippen LogP) is -7.48. The first-order chi connectivity index (χ1) is 6.57. The van der Waals surface area contributed by atoms with Crippen molar-refractivity contribution in [3.8, 4) is 0 Å². The monoisotopic (exact) mass is 199 g/mol. The maximum Gasteiger partial charge on any atom is 0.178 e. The molecule has 0 amide bonds. The summed E-state index contributed by atoms with van der Waals surface area (Å²) in [7, 11) is 14.4. The fourth-order valence-corrected chi connectivity index (χ4v) is 3.33. The van der Waals surface area contributed by atoms with Crippen LogP contribution < -0.4 is 0 Å². The van der Waals surface area contributed by atoms with E-state index in [1.54, 1.807) is 7.85 Å². The van der Waals surface area contributed by atoms with Crippen molar-refractivity contribution in [2.24, 2.45) is 0 Å². The van der Waals surface area contributed by atoms with E-state index in [0.717, 1.165) is 14.3 Å². The molecule has 3 unspecified atom stereocenters. The van der Waals surface area contributed by atoms with Gasteiger partial charge in [-0.15, -0.1) is 0 Å². The van der Waals surface area contributed by atoms with Crippen LogP contribution in [0, 0.1) is 0 Å². The zero-order valence-electron chi connectivity index (χ0n) is 10.7. The Balaban J connectivity index is 2.53. The predicted molar refractivity (Wildman–Crippen MR) is 79.0 cm³/mol. The third-order valence-corrected chi connectivity index (χ3v) is 5.33. The third kappa shape index (κ3) is 1.16. The summed E-state index contributed by atoms with van der Waals surface area (Å²) in [4.78, 5) is 2.31. The van der Waals surface area contributed by atoms with E-state index in [-0.39, 0.29) is 16.1 Å². The maximum atomic E-state index is 10.5. The van der Waals surface area contributed by atoms with E-state index in [0.29, 0.717) is 0 Å². The first-order valence-corrected chi connectivity index (χ1v) is 5.73. The SMILES string of the molecule is BC1(B)OC(B)(O)C2(B)BBC1(B)N2C. The molecule has 2 rings (SSSR count). The molecule has 0 saturated carbocycles. The van der Waals surface area contributed by atoms with Gasteiger partial charge in [0, 0.05) is 5.40 Å². The molecule has 10 heteroatoms. The molecule has 2 saturated heterocycles. The second kappa shape index (κ2) is 2.77. The minimum Gasteiger partial charge on any atom is -0.374 e. The number of likely N-dealkylation sites (N-methyl/N-ethyl adjacent to an activating group) is 1. The highest BCUT2D eigenvalue weighted by atomic mass is 16.6. The molecule has 0 aliphatic carbocycles. The summed E-state index contributed by atoms with van der Waals surface area (Å²) in [6.45, 7) is 0. The van der Waals surface area contributed by atoms with Crippen molar-refractivity contribution in [1.29, 1.82) is 0 Å². The second-order valence-electron chi connectivity index (χ2n) is 6.20. The van der Waals surface area contributed by atoms with E-state index in [2.05, 4.69) is 43.3 Å². The minimum absolute atomic E-state index is 0.0178. The molecule has 0 aromatic heterocycles. The van der Waals surface area contributed by atoms with Crippen LogP contribution in [-0.2, 0) is 4.74 Å². The zero-order chi connectivity index (χ0) is 11.7. The summed E-state index contributed by atoms with van der Waals surface area (Å²) in [5.41, 5.74) is -1.07. The zero-order valence-corrected chi connectivity index (χ0v) is 10.7. The number of ether oxygens (including phenoxy) is 1. The lowest BCUT2D eigenvalue weighted by Crippen LogP contribution is -2.81. The standard InChI is InChI=1S/C5H16B7NO2/c1-13-3(8)2(6,7)15-5(10,14)4(13,9)12-11-3/h11-12,14H,6-10H2,1H3. The Morgan fingerprint density at radius 3 is 2.07 bits per heavy atom. The lowest BCUT2D eigenvalue weighted by atomic mass is 9.20. The van der Waals surface area contributed by atoms with Crippen molar-refractivity contribution >= 4 is 53.6 Å². The van der Waals surface area contributed by atoms with Crippen LogP contribution in [0.15, 0.2) is 0 Å². The molecule has 2 aliphatic heterocycles. The van der Waals surface area contributed by atoms with Gasteiger partial charge in [-0.25, -0.2) is 0 Å². The number of hydrogen-bond donors (Lipinski definition) is 1. The molecule has 2 aliphatic rings. The summed E-state index contributed by atoms with van der Waals surface area (Å²) < 4.78 is 5.94. The normalized spacial score (nSPS) is 53.2. The van der Waals surface area contributed by atoms with Gasteiger partial charge in [-0.2, -0.15) is 0 Å². The number of hydrogen-bond acceptors (Lipinski definition) is 3. The van der Waals surface area contributed by atoms with E-state index in [1.165, 1.54) is 0 Å². The third-order valence-electron chi connectivity index (χ3n) is 5.33. The summed E-state index contributed by atoms with van der Waals surface area (Å²) in [5.74, 6) is 0. The van der Waals surface area contributed by atoms with Gasteiger partial charge in [-0.1, -0.05) is 0 Å². The molecule has 0 spiro atoms. The van der Waals surface area contributed by atoms with Crippen LogP contribution in [0.1, 0.15) is 0 Å². The Bertz CT molecular complexity index is 284. The van der Waals surface area contributed by atoms with Gasteiger partial charge in [0.2, 0.25) is 0 Å². The lowest BCUT2D eigenvalue weighted by molar-refractivity contribution is -0.238. The molecule has 2 bridgehead atoms. The number of morpholine rings is 1. The molecule has 2 heterocycles. The van der Waals surface area contributed by atoms with Crippen LogP contribution in [0.4, 0.5) is 0 Å². The highest BCUT2D eigenvalue weighted by Gasteiger charge is 2.66. The highest BCUT2D eigenvalue weighted by Crippen LogP contribution is 2.44. The average Bonchev–Trinajstić information content (AvgIpc) is 2.27. The van der Waals surface area contributed by atoms with E-state index < -0.39 is 5.69 Å². The molecule has 0 aromatic carbocycles. The molecule has 15 heavy (non-hydrogen) atoms. The Kier molecular flexibility index (Phi) is 2.18. The van der Waals surface area contributed by atoms with Crippen LogP contribution in [0.5, 0.6) is 0 Å². The molecular weight excluding hydrogens is 182 g/mol. The van der Waals surface area contributed by atoms with Crippen LogP contribution in [0.2, 0.25) is 0 Å². The van der Waals surface area contributed by atoms with Crippen molar-refractivity contribution in [3.05, 3.63) is 0 Å². The molecule has 2 fully saturated rings.